The SMILES string of the molecule is Cl.Nc1ccccc1NC(=O)c1ccc(COc2ccc(CNC(=O)[C@H]3CCCN3)cc2)cc1. The van der Waals surface area contributed by atoms with Crippen LogP contribution in [0.2, 0.25) is 0 Å². The molecule has 34 heavy (non-hydrogen) atoms. The molecule has 0 spiro atoms. The Morgan fingerprint density at radius 3 is 2.35 bits per heavy atom. The van der Waals surface area contributed by atoms with Crippen LogP contribution in [0, 0.1) is 0 Å². The minimum absolute atomic E-state index is 0. The van der Waals surface area contributed by atoms with Crippen LogP contribution >= 0.6 is 12.4 Å². The smallest absolute Gasteiger partial charge is 0.255 e. The Bertz CT molecular complexity index is 1100. The number of benzene rings is 3. The van der Waals surface area contributed by atoms with Gasteiger partial charge in [-0.1, -0.05) is 36.4 Å². The van der Waals surface area contributed by atoms with E-state index in [1.54, 1.807) is 24.3 Å². The van der Waals surface area contributed by atoms with Crippen molar-refractivity contribution < 1.29 is 14.3 Å². The van der Waals surface area contributed by atoms with Gasteiger partial charge in [-0.25, -0.2) is 0 Å². The molecule has 0 bridgehead atoms. The molecule has 8 heteroatoms. The lowest BCUT2D eigenvalue weighted by atomic mass is 10.1. The Kier molecular flexibility index (Phi) is 8.90. The number of carbonyl (C=O) groups is 2. The molecule has 1 fully saturated rings. The molecule has 3 aromatic carbocycles. The van der Waals surface area contributed by atoms with Crippen LogP contribution in [0.3, 0.4) is 0 Å². The van der Waals surface area contributed by atoms with Gasteiger partial charge in [0.25, 0.3) is 5.91 Å². The van der Waals surface area contributed by atoms with E-state index < -0.39 is 0 Å². The second kappa shape index (κ2) is 12.1. The second-order valence-electron chi connectivity index (χ2n) is 8.04. The number of nitrogens with one attached hydrogen (secondary N) is 3. The van der Waals surface area contributed by atoms with Crippen LogP contribution in [-0.4, -0.2) is 24.4 Å². The van der Waals surface area contributed by atoms with Crippen molar-refractivity contribution in [2.24, 2.45) is 0 Å². The summed E-state index contributed by atoms with van der Waals surface area (Å²) in [5.41, 5.74) is 9.50. The zero-order chi connectivity index (χ0) is 23.0. The Balaban J connectivity index is 0.00000324. The second-order valence-corrected chi connectivity index (χ2v) is 8.04. The molecule has 4 rings (SSSR count). The summed E-state index contributed by atoms with van der Waals surface area (Å²) < 4.78 is 5.85. The van der Waals surface area contributed by atoms with Gasteiger partial charge in [0.05, 0.1) is 17.4 Å². The van der Waals surface area contributed by atoms with Crippen molar-refractivity contribution in [1.82, 2.24) is 10.6 Å². The minimum Gasteiger partial charge on any atom is -0.489 e. The first-order valence-corrected chi connectivity index (χ1v) is 11.1. The van der Waals surface area contributed by atoms with E-state index in [0.717, 1.165) is 36.3 Å². The number of amides is 2. The zero-order valence-corrected chi connectivity index (χ0v) is 19.6. The minimum atomic E-state index is -0.216. The maximum absolute atomic E-state index is 12.4. The van der Waals surface area contributed by atoms with Gasteiger partial charge in [-0.15, -0.1) is 12.4 Å². The molecule has 0 aliphatic carbocycles. The summed E-state index contributed by atoms with van der Waals surface area (Å²) in [6, 6.07) is 22.0. The lowest BCUT2D eigenvalue weighted by Gasteiger charge is -2.12. The molecule has 0 radical (unpaired) electrons. The van der Waals surface area contributed by atoms with Crippen molar-refractivity contribution in [3.63, 3.8) is 0 Å². The van der Waals surface area contributed by atoms with Crippen LogP contribution < -0.4 is 26.4 Å². The predicted molar refractivity (Wildman–Crippen MR) is 136 cm³/mol. The average Bonchev–Trinajstić information content (AvgIpc) is 3.39. The molecule has 0 saturated carbocycles. The highest BCUT2D eigenvalue weighted by Gasteiger charge is 2.21. The van der Waals surface area contributed by atoms with Crippen LogP contribution in [0.5, 0.6) is 5.75 Å². The number of hydrogen-bond donors (Lipinski definition) is 4. The van der Waals surface area contributed by atoms with E-state index >= 15 is 0 Å². The summed E-state index contributed by atoms with van der Waals surface area (Å²) in [6.45, 7) is 1.79. The normalized spacial score (nSPS) is 14.6. The summed E-state index contributed by atoms with van der Waals surface area (Å²) in [5.74, 6) is 0.577. The number of anilines is 2. The molecule has 178 valence electrons. The van der Waals surface area contributed by atoms with Gasteiger partial charge in [-0.05, 0) is 66.9 Å². The van der Waals surface area contributed by atoms with Crippen LogP contribution in [0.15, 0.2) is 72.8 Å². The zero-order valence-electron chi connectivity index (χ0n) is 18.8. The quantitative estimate of drug-likeness (QED) is 0.366. The van der Waals surface area contributed by atoms with Crippen LogP contribution in [0.1, 0.15) is 34.3 Å². The summed E-state index contributed by atoms with van der Waals surface area (Å²) in [6.07, 6.45) is 1.94. The van der Waals surface area contributed by atoms with Gasteiger partial charge >= 0.3 is 0 Å². The third-order valence-corrected chi connectivity index (χ3v) is 5.60. The fraction of sp³-hybridized carbons (Fsp3) is 0.231. The molecule has 1 heterocycles. The molecule has 0 aromatic heterocycles. The van der Waals surface area contributed by atoms with Crippen LogP contribution in [0.25, 0.3) is 0 Å². The number of nitrogens with two attached hydrogens (primary N) is 1. The van der Waals surface area contributed by atoms with Crippen molar-refractivity contribution in [2.75, 3.05) is 17.6 Å². The van der Waals surface area contributed by atoms with Gasteiger partial charge in [0.15, 0.2) is 0 Å². The maximum Gasteiger partial charge on any atom is 0.255 e. The molecule has 2 amide bonds. The lowest BCUT2D eigenvalue weighted by molar-refractivity contribution is -0.122. The number of hydrogen-bond acceptors (Lipinski definition) is 5. The Labute approximate surface area is 205 Å². The van der Waals surface area contributed by atoms with Crippen molar-refractivity contribution in [1.29, 1.82) is 0 Å². The lowest BCUT2D eigenvalue weighted by Crippen LogP contribution is -2.39. The first-order chi connectivity index (χ1) is 16.1. The van der Waals surface area contributed by atoms with Crippen molar-refractivity contribution in [2.45, 2.75) is 32.0 Å². The number of carbonyl (C=O) groups excluding carboxylic acids is 2. The fourth-order valence-corrected chi connectivity index (χ4v) is 3.65. The third-order valence-electron chi connectivity index (χ3n) is 5.60. The summed E-state index contributed by atoms with van der Waals surface area (Å²) in [7, 11) is 0. The first-order valence-electron chi connectivity index (χ1n) is 11.1. The van der Waals surface area contributed by atoms with Crippen molar-refractivity contribution >= 4 is 35.6 Å². The molecule has 1 atom stereocenters. The molecule has 0 unspecified atom stereocenters. The number of ether oxygens (including phenoxy) is 1. The molecule has 5 N–H and O–H groups in total. The summed E-state index contributed by atoms with van der Waals surface area (Å²) in [5, 5.41) is 8.98. The van der Waals surface area contributed by atoms with E-state index in [1.165, 1.54) is 0 Å². The predicted octanol–water partition coefficient (Wildman–Crippen LogP) is 3.89. The Hall–Kier alpha value is -3.55. The Morgan fingerprint density at radius 1 is 0.971 bits per heavy atom. The van der Waals surface area contributed by atoms with E-state index in [-0.39, 0.29) is 30.3 Å². The average molecular weight is 481 g/mol. The van der Waals surface area contributed by atoms with E-state index in [9.17, 15) is 9.59 Å². The van der Waals surface area contributed by atoms with Crippen LogP contribution in [-0.2, 0) is 17.9 Å². The van der Waals surface area contributed by atoms with Gasteiger partial charge in [0.2, 0.25) is 5.91 Å². The monoisotopic (exact) mass is 480 g/mol. The summed E-state index contributed by atoms with van der Waals surface area (Å²) >= 11 is 0. The van der Waals surface area contributed by atoms with Crippen molar-refractivity contribution in [3.05, 3.63) is 89.5 Å². The molecule has 7 nitrogen and oxygen atoms in total. The first kappa shape index (κ1) is 25.1. The van der Waals surface area contributed by atoms with Gasteiger partial charge in [0.1, 0.15) is 12.4 Å². The van der Waals surface area contributed by atoms with E-state index in [4.69, 9.17) is 10.5 Å². The standard InChI is InChI=1S/C26H28N4O3.ClH/c27-22-4-1-2-5-23(22)30-25(31)20-11-7-19(8-12-20)17-33-21-13-9-18(10-14-21)16-29-26(32)24-6-3-15-28-24;/h1-2,4-5,7-14,24,28H,3,6,15-17,27H2,(H,29,32)(H,30,31);1H/t24-;/m1./s1. The highest BCUT2D eigenvalue weighted by Crippen LogP contribution is 2.19. The molecule has 1 aliphatic heterocycles. The van der Waals surface area contributed by atoms with Gasteiger partial charge in [-0.2, -0.15) is 0 Å². The summed E-state index contributed by atoms with van der Waals surface area (Å²) in [4.78, 5) is 24.5. The molecular weight excluding hydrogens is 452 g/mol. The molecular formula is C26H29ClN4O3. The highest BCUT2D eigenvalue weighted by molar-refractivity contribution is 6.05. The number of para-hydroxylation sites is 2. The van der Waals surface area contributed by atoms with E-state index in [0.29, 0.717) is 30.1 Å². The molecule has 1 aliphatic rings. The molecule has 3 aromatic rings. The maximum atomic E-state index is 12.4. The van der Waals surface area contributed by atoms with Gasteiger partial charge in [-0.3, -0.25) is 9.59 Å². The number of halogens is 1. The topological polar surface area (TPSA) is 105 Å². The van der Waals surface area contributed by atoms with Gasteiger partial charge in [0, 0.05) is 12.1 Å². The van der Waals surface area contributed by atoms with Crippen LogP contribution in [0.4, 0.5) is 11.4 Å². The van der Waals surface area contributed by atoms with E-state index in [1.807, 2.05) is 48.5 Å². The fourth-order valence-electron chi connectivity index (χ4n) is 3.65. The largest absolute Gasteiger partial charge is 0.489 e. The number of rotatable bonds is 8. The molecule has 1 saturated heterocycles. The van der Waals surface area contributed by atoms with E-state index in [2.05, 4.69) is 16.0 Å². The Morgan fingerprint density at radius 2 is 1.68 bits per heavy atom. The number of nitrogen functional groups attached to an aromatic ring is 1. The highest BCUT2D eigenvalue weighted by atomic mass is 35.5. The van der Waals surface area contributed by atoms with Gasteiger partial charge < -0.3 is 26.4 Å². The third kappa shape index (κ3) is 6.73. The van der Waals surface area contributed by atoms with Crippen molar-refractivity contribution in [3.8, 4) is 5.75 Å².